The van der Waals surface area contributed by atoms with Gasteiger partial charge >= 0.3 is 6.03 Å². The SMILES string of the molecule is COc1ccc(C2(NC(=O)NCCc3cccc(OC)c3)CC2)cc1. The van der Waals surface area contributed by atoms with Gasteiger partial charge in [-0.3, -0.25) is 0 Å². The van der Waals surface area contributed by atoms with Crippen LogP contribution in [-0.4, -0.2) is 26.8 Å². The summed E-state index contributed by atoms with van der Waals surface area (Å²) in [4.78, 5) is 12.2. The van der Waals surface area contributed by atoms with Gasteiger partial charge in [-0.05, 0) is 54.7 Å². The van der Waals surface area contributed by atoms with Crippen LogP contribution in [-0.2, 0) is 12.0 Å². The predicted octanol–water partition coefficient (Wildman–Crippen LogP) is 3.23. The molecule has 1 aliphatic rings. The number of rotatable bonds is 7. The van der Waals surface area contributed by atoms with E-state index >= 15 is 0 Å². The molecule has 5 heteroatoms. The van der Waals surface area contributed by atoms with Gasteiger partial charge in [0.25, 0.3) is 0 Å². The Labute approximate surface area is 148 Å². The third-order valence-electron chi connectivity index (χ3n) is 4.58. The Morgan fingerprint density at radius 1 is 1.04 bits per heavy atom. The first-order chi connectivity index (χ1) is 12.1. The molecule has 1 aliphatic carbocycles. The van der Waals surface area contributed by atoms with E-state index < -0.39 is 0 Å². The Balaban J connectivity index is 1.50. The monoisotopic (exact) mass is 340 g/mol. The first-order valence-electron chi connectivity index (χ1n) is 8.49. The fourth-order valence-corrected chi connectivity index (χ4v) is 2.93. The second-order valence-corrected chi connectivity index (χ2v) is 6.29. The Hall–Kier alpha value is -2.69. The lowest BCUT2D eigenvalue weighted by atomic mass is 10.1. The van der Waals surface area contributed by atoms with Gasteiger partial charge in [0, 0.05) is 6.54 Å². The van der Waals surface area contributed by atoms with E-state index in [1.165, 1.54) is 0 Å². The molecule has 0 spiro atoms. The minimum Gasteiger partial charge on any atom is -0.497 e. The normalized spacial score (nSPS) is 14.5. The number of hydrogen-bond donors (Lipinski definition) is 2. The molecule has 25 heavy (non-hydrogen) atoms. The first-order valence-corrected chi connectivity index (χ1v) is 8.49. The van der Waals surface area contributed by atoms with Crippen molar-refractivity contribution in [3.8, 4) is 11.5 Å². The largest absolute Gasteiger partial charge is 0.497 e. The molecule has 0 heterocycles. The number of nitrogens with one attached hydrogen (secondary N) is 2. The molecular formula is C20H24N2O3. The molecule has 5 nitrogen and oxygen atoms in total. The maximum absolute atomic E-state index is 12.2. The van der Waals surface area contributed by atoms with Gasteiger partial charge in [0.05, 0.1) is 19.8 Å². The molecule has 0 aliphatic heterocycles. The summed E-state index contributed by atoms with van der Waals surface area (Å²) in [6.45, 7) is 0.581. The number of benzene rings is 2. The summed E-state index contributed by atoms with van der Waals surface area (Å²) in [5.41, 5.74) is 2.03. The van der Waals surface area contributed by atoms with E-state index in [9.17, 15) is 4.79 Å². The van der Waals surface area contributed by atoms with Crippen molar-refractivity contribution in [3.05, 3.63) is 59.7 Å². The van der Waals surface area contributed by atoms with Crippen LogP contribution in [0.1, 0.15) is 24.0 Å². The minimum atomic E-state index is -0.230. The van der Waals surface area contributed by atoms with Crippen LogP contribution in [0.15, 0.2) is 48.5 Å². The smallest absolute Gasteiger partial charge is 0.315 e. The minimum absolute atomic E-state index is 0.129. The molecule has 0 aromatic heterocycles. The van der Waals surface area contributed by atoms with Gasteiger partial charge in [0.15, 0.2) is 0 Å². The van der Waals surface area contributed by atoms with E-state index in [-0.39, 0.29) is 11.6 Å². The van der Waals surface area contributed by atoms with Crippen LogP contribution in [0.3, 0.4) is 0 Å². The van der Waals surface area contributed by atoms with Crippen LogP contribution in [0.4, 0.5) is 4.79 Å². The molecule has 2 amide bonds. The van der Waals surface area contributed by atoms with Crippen LogP contribution < -0.4 is 20.1 Å². The topological polar surface area (TPSA) is 59.6 Å². The van der Waals surface area contributed by atoms with Gasteiger partial charge in [0.2, 0.25) is 0 Å². The van der Waals surface area contributed by atoms with Gasteiger partial charge in [-0.15, -0.1) is 0 Å². The van der Waals surface area contributed by atoms with E-state index in [1.807, 2.05) is 48.5 Å². The molecule has 132 valence electrons. The lowest BCUT2D eigenvalue weighted by Crippen LogP contribution is -2.42. The molecule has 2 N–H and O–H groups in total. The maximum atomic E-state index is 12.2. The van der Waals surface area contributed by atoms with Gasteiger partial charge in [-0.1, -0.05) is 24.3 Å². The Kier molecular flexibility index (Phi) is 5.12. The van der Waals surface area contributed by atoms with Crippen molar-refractivity contribution in [2.24, 2.45) is 0 Å². The number of carbonyl (C=O) groups is 1. The Morgan fingerprint density at radius 2 is 1.76 bits per heavy atom. The van der Waals surface area contributed by atoms with E-state index in [2.05, 4.69) is 10.6 Å². The quantitative estimate of drug-likeness (QED) is 0.813. The summed E-state index contributed by atoms with van der Waals surface area (Å²) in [7, 11) is 3.30. The summed E-state index contributed by atoms with van der Waals surface area (Å²) < 4.78 is 10.4. The molecule has 0 bridgehead atoms. The Bertz CT molecular complexity index is 724. The highest BCUT2D eigenvalue weighted by molar-refractivity contribution is 5.75. The van der Waals surface area contributed by atoms with Crippen LogP contribution in [0.25, 0.3) is 0 Å². The van der Waals surface area contributed by atoms with Crippen LogP contribution in [0.5, 0.6) is 11.5 Å². The van der Waals surface area contributed by atoms with Gasteiger partial charge in [0.1, 0.15) is 11.5 Å². The van der Waals surface area contributed by atoms with Gasteiger partial charge in [-0.25, -0.2) is 4.79 Å². The summed E-state index contributed by atoms with van der Waals surface area (Å²) in [6.07, 6.45) is 2.69. The number of urea groups is 1. The highest BCUT2D eigenvalue weighted by Gasteiger charge is 2.45. The molecular weight excluding hydrogens is 316 g/mol. The van der Waals surface area contributed by atoms with E-state index in [1.54, 1.807) is 14.2 Å². The first kappa shape index (κ1) is 17.1. The number of carbonyl (C=O) groups excluding carboxylic acids is 1. The molecule has 2 aromatic carbocycles. The van der Waals surface area contributed by atoms with Crippen molar-refractivity contribution in [2.75, 3.05) is 20.8 Å². The lowest BCUT2D eigenvalue weighted by molar-refractivity contribution is 0.236. The standard InChI is InChI=1S/C20H24N2O3/c1-24-17-8-6-16(7-9-17)20(11-12-20)22-19(23)21-13-10-15-4-3-5-18(14-15)25-2/h3-9,14H,10-13H2,1-2H3,(H2,21,22,23). The highest BCUT2D eigenvalue weighted by atomic mass is 16.5. The second-order valence-electron chi connectivity index (χ2n) is 6.29. The second kappa shape index (κ2) is 7.47. The zero-order chi connectivity index (χ0) is 17.7. The zero-order valence-corrected chi connectivity index (χ0v) is 14.7. The molecule has 0 saturated heterocycles. The third kappa shape index (κ3) is 4.24. The van der Waals surface area contributed by atoms with Crippen molar-refractivity contribution < 1.29 is 14.3 Å². The highest BCUT2D eigenvalue weighted by Crippen LogP contribution is 2.45. The fourth-order valence-electron chi connectivity index (χ4n) is 2.93. The van der Waals surface area contributed by atoms with Crippen molar-refractivity contribution in [3.63, 3.8) is 0 Å². The predicted molar refractivity (Wildman–Crippen MR) is 97.1 cm³/mol. The van der Waals surface area contributed by atoms with E-state index in [0.29, 0.717) is 6.54 Å². The summed E-state index contributed by atoms with van der Waals surface area (Å²) in [5, 5.41) is 6.06. The van der Waals surface area contributed by atoms with Crippen molar-refractivity contribution in [1.29, 1.82) is 0 Å². The molecule has 3 rings (SSSR count). The van der Waals surface area contributed by atoms with Crippen molar-refractivity contribution in [2.45, 2.75) is 24.8 Å². The van der Waals surface area contributed by atoms with Crippen LogP contribution >= 0.6 is 0 Å². The molecule has 2 aromatic rings. The number of methoxy groups -OCH3 is 2. The summed E-state index contributed by atoms with van der Waals surface area (Å²) >= 11 is 0. The van der Waals surface area contributed by atoms with Crippen molar-refractivity contribution in [1.82, 2.24) is 10.6 Å². The third-order valence-corrected chi connectivity index (χ3v) is 4.58. The van der Waals surface area contributed by atoms with E-state index in [4.69, 9.17) is 9.47 Å². The van der Waals surface area contributed by atoms with Crippen molar-refractivity contribution >= 4 is 6.03 Å². The number of ether oxygens (including phenoxy) is 2. The van der Waals surface area contributed by atoms with Gasteiger partial charge in [-0.2, -0.15) is 0 Å². The molecule has 0 atom stereocenters. The number of amides is 2. The zero-order valence-electron chi connectivity index (χ0n) is 14.7. The number of hydrogen-bond acceptors (Lipinski definition) is 3. The summed E-state index contributed by atoms with van der Waals surface area (Å²) in [5.74, 6) is 1.65. The molecule has 1 fully saturated rings. The lowest BCUT2D eigenvalue weighted by Gasteiger charge is -2.19. The van der Waals surface area contributed by atoms with Crippen LogP contribution in [0.2, 0.25) is 0 Å². The maximum Gasteiger partial charge on any atom is 0.315 e. The van der Waals surface area contributed by atoms with E-state index in [0.717, 1.165) is 41.9 Å². The Morgan fingerprint density at radius 3 is 2.40 bits per heavy atom. The summed E-state index contributed by atoms with van der Waals surface area (Å²) in [6, 6.07) is 15.6. The van der Waals surface area contributed by atoms with Gasteiger partial charge < -0.3 is 20.1 Å². The molecule has 0 radical (unpaired) electrons. The van der Waals surface area contributed by atoms with Crippen LogP contribution in [0, 0.1) is 0 Å². The molecule has 1 saturated carbocycles. The molecule has 0 unspecified atom stereocenters. The average molecular weight is 340 g/mol. The average Bonchev–Trinajstić information content (AvgIpc) is 3.42. The fraction of sp³-hybridized carbons (Fsp3) is 0.350.